The van der Waals surface area contributed by atoms with Gasteiger partial charge in [0, 0.05) is 16.3 Å². The van der Waals surface area contributed by atoms with Crippen molar-refractivity contribution < 1.29 is 9.59 Å². The molecule has 282 valence electrons. The Labute approximate surface area is 334 Å². The van der Waals surface area contributed by atoms with Gasteiger partial charge >= 0.3 is 0 Å². The Morgan fingerprint density at radius 1 is 0.827 bits per heavy atom. The fourth-order valence-electron chi connectivity index (χ4n) is 6.20. The predicted octanol–water partition coefficient (Wildman–Crippen LogP) is 13.9. The average Bonchev–Trinajstić information content (AvgIpc) is 3.37. The van der Waals surface area contributed by atoms with Gasteiger partial charge in [-0.05, 0) is 59.7 Å². The lowest BCUT2D eigenvalue weighted by Crippen LogP contribution is -2.36. The van der Waals surface area contributed by atoms with Gasteiger partial charge < -0.3 is 5.32 Å². The number of rotatable bonds is 19. The molecule has 2 N–H and O–H groups in total. The van der Waals surface area contributed by atoms with Crippen LogP contribution in [-0.4, -0.2) is 22.9 Å². The first-order valence-electron chi connectivity index (χ1n) is 18.6. The molecular formula is C41H52Cl4N4O2S. The molecule has 1 atom stereocenters. The number of amidine groups is 1. The maximum absolute atomic E-state index is 14.3. The number of carbonyl (C=O) groups is 2. The summed E-state index contributed by atoms with van der Waals surface area (Å²) >= 11 is 27.6. The molecule has 4 rings (SSSR count). The molecule has 6 nitrogen and oxygen atoms in total. The smallest absolute Gasteiger partial charge is 0.267 e. The van der Waals surface area contributed by atoms with E-state index >= 15 is 0 Å². The van der Waals surface area contributed by atoms with Crippen molar-refractivity contribution in [2.24, 2.45) is 4.99 Å². The van der Waals surface area contributed by atoms with Crippen molar-refractivity contribution in [2.45, 2.75) is 134 Å². The van der Waals surface area contributed by atoms with Crippen molar-refractivity contribution in [2.75, 3.05) is 10.3 Å². The van der Waals surface area contributed by atoms with Crippen LogP contribution < -0.4 is 15.8 Å². The van der Waals surface area contributed by atoms with E-state index < -0.39 is 5.25 Å². The number of unbranched alkanes of at least 4 members (excludes halogenated alkanes) is 10. The Balaban J connectivity index is 1.56. The van der Waals surface area contributed by atoms with E-state index in [1.807, 2.05) is 0 Å². The first-order chi connectivity index (χ1) is 24.9. The maximum atomic E-state index is 14.3. The van der Waals surface area contributed by atoms with Crippen LogP contribution >= 0.6 is 58.2 Å². The number of hydrogen-bond acceptors (Lipinski definition) is 4. The summed E-state index contributed by atoms with van der Waals surface area (Å²) in [5, 5.41) is 4.65. The number of para-hydroxylation sites is 1. The molecule has 1 aliphatic rings. The number of nitrogens with zero attached hydrogens (tertiary/aromatic N) is 2. The minimum atomic E-state index is -0.807. The molecule has 52 heavy (non-hydrogen) atoms. The Kier molecular flexibility index (Phi) is 17.0. The molecule has 2 amide bonds. The fourth-order valence-corrected chi connectivity index (χ4v) is 8.72. The number of thioether (sulfide) groups is 1. The number of aliphatic imine (C=N–C) groups is 1. The van der Waals surface area contributed by atoms with Crippen LogP contribution in [0.1, 0.15) is 135 Å². The number of nitrogens with one attached hydrogen (secondary N) is 2. The first kappa shape index (κ1) is 42.3. The highest BCUT2D eigenvalue weighted by atomic mass is 35.5. The molecule has 1 fully saturated rings. The highest BCUT2D eigenvalue weighted by Crippen LogP contribution is 2.42. The average molecular weight is 807 g/mol. The topological polar surface area (TPSA) is 73.8 Å². The van der Waals surface area contributed by atoms with Crippen molar-refractivity contribution in [1.29, 1.82) is 0 Å². The van der Waals surface area contributed by atoms with E-state index in [-0.39, 0.29) is 33.5 Å². The van der Waals surface area contributed by atoms with Gasteiger partial charge in [0.25, 0.3) is 5.91 Å². The molecule has 11 heteroatoms. The van der Waals surface area contributed by atoms with E-state index in [4.69, 9.17) is 51.4 Å². The van der Waals surface area contributed by atoms with Crippen LogP contribution in [0, 0.1) is 0 Å². The van der Waals surface area contributed by atoms with Crippen molar-refractivity contribution in [3.8, 4) is 0 Å². The number of benzene rings is 3. The molecule has 0 aromatic heterocycles. The number of hydrazine groups is 1. The van der Waals surface area contributed by atoms with Crippen LogP contribution in [-0.2, 0) is 9.59 Å². The fraction of sp³-hybridized carbons (Fsp3) is 0.488. The van der Waals surface area contributed by atoms with E-state index in [2.05, 4.69) is 63.6 Å². The highest BCUT2D eigenvalue weighted by Gasteiger charge is 2.41. The second kappa shape index (κ2) is 20.9. The largest absolute Gasteiger partial charge is 0.324 e. The second-order valence-corrected chi connectivity index (χ2v) is 16.9. The zero-order valence-corrected chi connectivity index (χ0v) is 34.8. The Bertz CT molecular complexity index is 1690. The number of carbonyl (C=O) groups excluding carboxylic acids is 2. The van der Waals surface area contributed by atoms with Crippen molar-refractivity contribution in [3.63, 3.8) is 0 Å². The molecule has 0 aliphatic carbocycles. The lowest BCUT2D eigenvalue weighted by molar-refractivity contribution is -0.117. The summed E-state index contributed by atoms with van der Waals surface area (Å²) in [7, 11) is 0. The lowest BCUT2D eigenvalue weighted by atomic mass is 9.97. The quantitative estimate of drug-likeness (QED) is 0.118. The monoisotopic (exact) mass is 804 g/mol. The second-order valence-electron chi connectivity index (χ2n) is 14.1. The van der Waals surface area contributed by atoms with Gasteiger partial charge in [0.2, 0.25) is 5.91 Å². The Morgan fingerprint density at radius 2 is 1.44 bits per heavy atom. The van der Waals surface area contributed by atoms with Gasteiger partial charge in [0.1, 0.15) is 22.5 Å². The van der Waals surface area contributed by atoms with Gasteiger partial charge in [-0.2, -0.15) is 0 Å². The zero-order chi connectivity index (χ0) is 37.8. The molecular weight excluding hydrogens is 754 g/mol. The molecule has 1 unspecified atom stereocenters. The Morgan fingerprint density at radius 3 is 2.04 bits per heavy atom. The van der Waals surface area contributed by atoms with Gasteiger partial charge in [-0.1, -0.05) is 163 Å². The summed E-state index contributed by atoms with van der Waals surface area (Å²) in [6, 6.07) is 14.8. The van der Waals surface area contributed by atoms with Crippen molar-refractivity contribution in [1.82, 2.24) is 5.43 Å². The van der Waals surface area contributed by atoms with Crippen molar-refractivity contribution in [3.05, 3.63) is 79.7 Å². The van der Waals surface area contributed by atoms with Crippen LogP contribution in [0.5, 0.6) is 0 Å². The van der Waals surface area contributed by atoms with E-state index in [0.29, 0.717) is 39.6 Å². The van der Waals surface area contributed by atoms with Gasteiger partial charge in [-0.25, -0.2) is 10.0 Å². The number of halogens is 4. The molecule has 3 aromatic carbocycles. The van der Waals surface area contributed by atoms with Crippen LogP contribution in [0.15, 0.2) is 58.4 Å². The summed E-state index contributed by atoms with van der Waals surface area (Å²) in [5.41, 5.74) is 6.56. The number of amides is 2. The summed E-state index contributed by atoms with van der Waals surface area (Å²) in [6.45, 7) is 10.8. The third kappa shape index (κ3) is 11.8. The van der Waals surface area contributed by atoms with E-state index in [9.17, 15) is 9.59 Å². The zero-order valence-electron chi connectivity index (χ0n) is 31.0. The molecule has 3 aromatic rings. The van der Waals surface area contributed by atoms with Gasteiger partial charge in [0.15, 0.2) is 0 Å². The third-order valence-electron chi connectivity index (χ3n) is 9.20. The standard InChI is InChI=1S/C41H52Cl4N4O2S/c1-6-7-8-9-10-11-12-13-14-15-16-20-36(50)46-34-19-17-18-31(43)37(34)47-40-39(52-35-23-28(26(2)3)21-22-30(35)27(4)5)41(51)49(48-40)38-32(44)24-29(42)25-33(38)45/h17-19,21-27,39H,6-16,20H2,1-5H3,(H,46,50)(H,47,48). The van der Waals surface area contributed by atoms with Crippen LogP contribution in [0.2, 0.25) is 20.1 Å². The van der Waals surface area contributed by atoms with Crippen LogP contribution in [0.25, 0.3) is 0 Å². The minimum Gasteiger partial charge on any atom is -0.324 e. The first-order valence-corrected chi connectivity index (χ1v) is 21.0. The van der Waals surface area contributed by atoms with Crippen molar-refractivity contribution >= 4 is 92.9 Å². The van der Waals surface area contributed by atoms with Crippen LogP contribution in [0.4, 0.5) is 17.1 Å². The number of anilines is 2. The van der Waals surface area contributed by atoms with Gasteiger partial charge in [-0.15, -0.1) is 11.8 Å². The normalized spacial score (nSPS) is 15.3. The minimum absolute atomic E-state index is 0.102. The van der Waals surface area contributed by atoms with E-state index in [1.165, 1.54) is 85.8 Å². The van der Waals surface area contributed by atoms with Crippen LogP contribution in [0.3, 0.4) is 0 Å². The molecule has 1 aliphatic heterocycles. The molecule has 1 heterocycles. The van der Waals surface area contributed by atoms with E-state index in [1.54, 1.807) is 18.2 Å². The molecule has 0 saturated carbocycles. The SMILES string of the molecule is CCCCCCCCCCCCCC(=O)Nc1cccc(Cl)c1N=C1NN(c2c(Cl)cc(Cl)cc2Cl)C(=O)C1Sc1cc(C(C)C)ccc1C(C)C. The molecule has 0 bridgehead atoms. The molecule has 0 radical (unpaired) electrons. The molecule has 1 saturated heterocycles. The molecule has 0 spiro atoms. The summed E-state index contributed by atoms with van der Waals surface area (Å²) in [6.07, 6.45) is 13.7. The summed E-state index contributed by atoms with van der Waals surface area (Å²) in [4.78, 5) is 33.4. The summed E-state index contributed by atoms with van der Waals surface area (Å²) in [5.74, 6) is 0.433. The Hall–Kier alpha value is -2.42. The highest BCUT2D eigenvalue weighted by molar-refractivity contribution is 8.01. The summed E-state index contributed by atoms with van der Waals surface area (Å²) < 4.78 is 0. The van der Waals surface area contributed by atoms with Gasteiger partial charge in [-0.3, -0.25) is 15.0 Å². The lowest BCUT2D eigenvalue weighted by Gasteiger charge is -2.19. The van der Waals surface area contributed by atoms with Gasteiger partial charge in [0.05, 0.1) is 20.8 Å². The predicted molar refractivity (Wildman–Crippen MR) is 225 cm³/mol. The third-order valence-corrected chi connectivity index (χ3v) is 11.6. The maximum Gasteiger partial charge on any atom is 0.267 e. The van der Waals surface area contributed by atoms with E-state index in [0.717, 1.165) is 29.7 Å². The number of hydrogen-bond donors (Lipinski definition) is 2.